The number of hydrogen-bond acceptors (Lipinski definition) is 3. The lowest BCUT2D eigenvalue weighted by Crippen LogP contribution is -2.64. The molecular weight excluding hydrogens is 260 g/mol. The zero-order valence-corrected chi connectivity index (χ0v) is 14.1. The summed E-state index contributed by atoms with van der Waals surface area (Å²) < 4.78 is 6.02. The van der Waals surface area contributed by atoms with Gasteiger partial charge in [0.05, 0.1) is 6.10 Å². The van der Waals surface area contributed by atoms with Gasteiger partial charge in [0.2, 0.25) is 0 Å². The van der Waals surface area contributed by atoms with Crippen LogP contribution in [-0.4, -0.2) is 49.3 Å². The molecule has 122 valence electrons. The number of piperidine rings is 1. The zero-order chi connectivity index (χ0) is 14.7. The molecule has 1 N–H and O–H groups in total. The van der Waals surface area contributed by atoms with E-state index in [4.69, 9.17) is 4.74 Å². The molecule has 0 bridgehead atoms. The van der Waals surface area contributed by atoms with E-state index in [1.807, 2.05) is 0 Å². The van der Waals surface area contributed by atoms with Gasteiger partial charge in [-0.05, 0) is 59.0 Å². The average molecular weight is 294 g/mol. The van der Waals surface area contributed by atoms with Gasteiger partial charge >= 0.3 is 0 Å². The first kappa shape index (κ1) is 15.8. The fraction of sp³-hybridized carbons (Fsp3) is 1.00. The molecule has 2 aliphatic carbocycles. The largest absolute Gasteiger partial charge is 0.378 e. The van der Waals surface area contributed by atoms with Crippen LogP contribution in [0.2, 0.25) is 0 Å². The van der Waals surface area contributed by atoms with Crippen LogP contribution in [0.3, 0.4) is 0 Å². The molecule has 3 heteroatoms. The van der Waals surface area contributed by atoms with Crippen molar-refractivity contribution in [1.29, 1.82) is 0 Å². The molecule has 3 fully saturated rings. The first-order chi connectivity index (χ1) is 10.3. The Morgan fingerprint density at radius 1 is 1.14 bits per heavy atom. The Hall–Kier alpha value is -0.120. The molecular formula is C18H34N2O. The summed E-state index contributed by atoms with van der Waals surface area (Å²) >= 11 is 0. The van der Waals surface area contributed by atoms with Gasteiger partial charge in [-0.1, -0.05) is 19.3 Å². The number of hydrogen-bond donors (Lipinski definition) is 1. The van der Waals surface area contributed by atoms with Crippen molar-refractivity contribution in [2.45, 2.75) is 83.4 Å². The van der Waals surface area contributed by atoms with Crippen LogP contribution in [0.4, 0.5) is 0 Å². The van der Waals surface area contributed by atoms with E-state index in [1.54, 1.807) is 0 Å². The normalized spacial score (nSPS) is 34.0. The Morgan fingerprint density at radius 3 is 2.52 bits per heavy atom. The summed E-state index contributed by atoms with van der Waals surface area (Å²) in [6.45, 7) is 9.19. The van der Waals surface area contributed by atoms with Gasteiger partial charge in [0, 0.05) is 30.7 Å². The molecule has 0 aromatic heterocycles. The lowest BCUT2D eigenvalue weighted by Gasteiger charge is -2.54. The highest BCUT2D eigenvalue weighted by molar-refractivity contribution is 5.10. The lowest BCUT2D eigenvalue weighted by atomic mass is 9.60. The zero-order valence-electron chi connectivity index (χ0n) is 14.1. The molecule has 1 saturated heterocycles. The number of likely N-dealkylation sites (tertiary alicyclic amines) is 1. The van der Waals surface area contributed by atoms with Crippen LogP contribution in [0.15, 0.2) is 0 Å². The maximum Gasteiger partial charge on any atom is 0.0661 e. The molecule has 3 nitrogen and oxygen atoms in total. The molecule has 1 aliphatic heterocycles. The van der Waals surface area contributed by atoms with E-state index in [0.717, 1.165) is 13.2 Å². The van der Waals surface area contributed by atoms with Crippen LogP contribution in [0.1, 0.15) is 65.2 Å². The number of rotatable bonds is 6. The standard InChI is InChI=1S/C18H34N2O/c1-3-21-17-13-16(18(17)9-5-6-10-18)19-14-15(2)20-11-7-4-8-12-20/h15-17,19H,3-14H2,1-2H3. The summed E-state index contributed by atoms with van der Waals surface area (Å²) in [7, 11) is 0. The molecule has 0 amide bonds. The highest BCUT2D eigenvalue weighted by Crippen LogP contribution is 2.54. The molecule has 3 atom stereocenters. The third-order valence-electron chi connectivity index (χ3n) is 6.36. The Balaban J connectivity index is 1.48. The van der Waals surface area contributed by atoms with Crippen molar-refractivity contribution >= 4 is 0 Å². The minimum absolute atomic E-state index is 0.484. The molecule has 2 saturated carbocycles. The molecule has 0 radical (unpaired) electrons. The van der Waals surface area contributed by atoms with E-state index >= 15 is 0 Å². The van der Waals surface area contributed by atoms with Gasteiger partial charge in [0.15, 0.2) is 0 Å². The van der Waals surface area contributed by atoms with Gasteiger partial charge in [-0.2, -0.15) is 0 Å². The molecule has 21 heavy (non-hydrogen) atoms. The Labute approximate surface area is 130 Å². The topological polar surface area (TPSA) is 24.5 Å². The van der Waals surface area contributed by atoms with Crippen molar-refractivity contribution in [3.05, 3.63) is 0 Å². The summed E-state index contributed by atoms with van der Waals surface area (Å²) in [5.74, 6) is 0. The lowest BCUT2D eigenvalue weighted by molar-refractivity contribution is -0.131. The van der Waals surface area contributed by atoms with Gasteiger partial charge in [-0.3, -0.25) is 4.90 Å². The van der Waals surface area contributed by atoms with Crippen LogP contribution in [0.25, 0.3) is 0 Å². The van der Waals surface area contributed by atoms with Gasteiger partial charge < -0.3 is 10.1 Å². The van der Waals surface area contributed by atoms with E-state index in [0.29, 0.717) is 23.6 Å². The van der Waals surface area contributed by atoms with E-state index in [1.165, 1.54) is 64.5 Å². The van der Waals surface area contributed by atoms with Gasteiger partial charge in [-0.15, -0.1) is 0 Å². The Kier molecular flexibility index (Phi) is 5.23. The Bertz CT molecular complexity index is 321. The number of nitrogens with zero attached hydrogens (tertiary/aromatic N) is 1. The first-order valence-electron chi connectivity index (χ1n) is 9.35. The molecule has 3 unspecified atom stereocenters. The summed E-state index contributed by atoms with van der Waals surface area (Å²) in [4.78, 5) is 2.68. The van der Waals surface area contributed by atoms with E-state index < -0.39 is 0 Å². The predicted octanol–water partition coefficient (Wildman–Crippen LogP) is 3.19. The summed E-state index contributed by atoms with van der Waals surface area (Å²) in [6.07, 6.45) is 11.6. The second kappa shape index (κ2) is 6.97. The third-order valence-corrected chi connectivity index (χ3v) is 6.36. The molecule has 0 aromatic rings. The highest BCUT2D eigenvalue weighted by Gasteiger charge is 2.56. The minimum atomic E-state index is 0.484. The maximum absolute atomic E-state index is 6.02. The molecule has 1 spiro atoms. The molecule has 1 heterocycles. The first-order valence-corrected chi connectivity index (χ1v) is 9.35. The van der Waals surface area contributed by atoms with Crippen LogP contribution in [0.5, 0.6) is 0 Å². The van der Waals surface area contributed by atoms with E-state index in [-0.39, 0.29) is 0 Å². The van der Waals surface area contributed by atoms with Crippen LogP contribution in [0, 0.1) is 5.41 Å². The van der Waals surface area contributed by atoms with Gasteiger partial charge in [0.1, 0.15) is 0 Å². The fourth-order valence-electron chi connectivity index (χ4n) is 4.97. The molecule has 3 aliphatic rings. The van der Waals surface area contributed by atoms with Gasteiger partial charge in [-0.25, -0.2) is 0 Å². The van der Waals surface area contributed by atoms with Crippen LogP contribution < -0.4 is 5.32 Å². The van der Waals surface area contributed by atoms with E-state index in [2.05, 4.69) is 24.1 Å². The predicted molar refractivity (Wildman–Crippen MR) is 87.6 cm³/mol. The monoisotopic (exact) mass is 294 g/mol. The number of ether oxygens (including phenoxy) is 1. The Morgan fingerprint density at radius 2 is 1.86 bits per heavy atom. The third kappa shape index (κ3) is 3.16. The smallest absolute Gasteiger partial charge is 0.0661 e. The summed E-state index contributed by atoms with van der Waals surface area (Å²) in [5, 5.41) is 3.92. The fourth-order valence-corrected chi connectivity index (χ4v) is 4.97. The van der Waals surface area contributed by atoms with Crippen molar-refractivity contribution in [1.82, 2.24) is 10.2 Å². The van der Waals surface area contributed by atoms with Crippen LogP contribution in [-0.2, 0) is 4.74 Å². The maximum atomic E-state index is 6.02. The van der Waals surface area contributed by atoms with Gasteiger partial charge in [0.25, 0.3) is 0 Å². The SMILES string of the molecule is CCOC1CC(NCC(C)N2CCCCC2)C12CCCC2. The second-order valence-electron chi connectivity index (χ2n) is 7.53. The van der Waals surface area contributed by atoms with E-state index in [9.17, 15) is 0 Å². The molecule has 0 aromatic carbocycles. The average Bonchev–Trinajstić information content (AvgIpc) is 3.03. The quantitative estimate of drug-likeness (QED) is 0.814. The van der Waals surface area contributed by atoms with Crippen molar-refractivity contribution in [3.8, 4) is 0 Å². The summed E-state index contributed by atoms with van der Waals surface area (Å²) in [6, 6.07) is 1.40. The number of nitrogens with one attached hydrogen (secondary N) is 1. The van der Waals surface area contributed by atoms with Crippen LogP contribution >= 0.6 is 0 Å². The van der Waals surface area contributed by atoms with Crippen molar-refractivity contribution in [2.24, 2.45) is 5.41 Å². The second-order valence-corrected chi connectivity index (χ2v) is 7.53. The molecule has 3 rings (SSSR count). The van der Waals surface area contributed by atoms with Crippen molar-refractivity contribution in [3.63, 3.8) is 0 Å². The minimum Gasteiger partial charge on any atom is -0.378 e. The summed E-state index contributed by atoms with van der Waals surface area (Å²) in [5.41, 5.74) is 0.484. The van der Waals surface area contributed by atoms with Crippen molar-refractivity contribution < 1.29 is 4.74 Å². The highest BCUT2D eigenvalue weighted by atomic mass is 16.5. The van der Waals surface area contributed by atoms with Crippen molar-refractivity contribution in [2.75, 3.05) is 26.2 Å².